The number of hydrogen-bond acceptors (Lipinski definition) is 3. The number of nitrogens with zero attached hydrogens (tertiary/aromatic N) is 1. The first-order valence-electron chi connectivity index (χ1n) is 6.99. The molecule has 1 heterocycles. The third kappa shape index (κ3) is 4.02. The van der Waals surface area contributed by atoms with Gasteiger partial charge in [0.15, 0.2) is 0 Å². The number of amides is 1. The van der Waals surface area contributed by atoms with Gasteiger partial charge in [-0.2, -0.15) is 0 Å². The Morgan fingerprint density at radius 2 is 1.85 bits per heavy atom. The molecule has 4 nitrogen and oxygen atoms in total. The first-order chi connectivity index (χ1) is 9.56. The van der Waals surface area contributed by atoms with Gasteiger partial charge in [0.2, 0.25) is 0 Å². The van der Waals surface area contributed by atoms with Crippen LogP contribution in [-0.2, 0) is 0 Å². The second-order valence-corrected chi connectivity index (χ2v) is 5.76. The SMILES string of the molecule is CC(CN1CCCC1)NC(=O)c1ccc(C(N)=S)cc1. The number of carbonyl (C=O) groups excluding carboxylic acids is 1. The summed E-state index contributed by atoms with van der Waals surface area (Å²) in [6, 6.07) is 7.22. The second-order valence-electron chi connectivity index (χ2n) is 5.32. The van der Waals surface area contributed by atoms with Crippen LogP contribution >= 0.6 is 12.2 Å². The van der Waals surface area contributed by atoms with Gasteiger partial charge in [0, 0.05) is 23.7 Å². The zero-order valence-corrected chi connectivity index (χ0v) is 12.6. The number of rotatable bonds is 5. The van der Waals surface area contributed by atoms with Gasteiger partial charge in [0.05, 0.1) is 0 Å². The molecular weight excluding hydrogens is 270 g/mol. The molecule has 1 atom stereocenters. The van der Waals surface area contributed by atoms with Crippen molar-refractivity contribution in [3.63, 3.8) is 0 Å². The molecule has 0 aromatic heterocycles. The molecule has 1 saturated heterocycles. The Kier molecular flexibility index (Phi) is 5.09. The zero-order valence-electron chi connectivity index (χ0n) is 11.8. The average Bonchev–Trinajstić information content (AvgIpc) is 2.91. The smallest absolute Gasteiger partial charge is 0.251 e. The third-order valence-electron chi connectivity index (χ3n) is 3.54. The molecule has 1 unspecified atom stereocenters. The van der Waals surface area contributed by atoms with E-state index in [4.69, 9.17) is 18.0 Å². The van der Waals surface area contributed by atoms with E-state index in [9.17, 15) is 4.79 Å². The molecule has 108 valence electrons. The molecule has 2 rings (SSSR count). The Balaban J connectivity index is 1.88. The maximum absolute atomic E-state index is 12.1. The molecule has 1 aromatic rings. The van der Waals surface area contributed by atoms with Crippen molar-refractivity contribution < 1.29 is 4.79 Å². The molecular formula is C15H21N3OS. The minimum Gasteiger partial charge on any atom is -0.389 e. The number of nitrogens with one attached hydrogen (secondary N) is 1. The lowest BCUT2D eigenvalue weighted by Crippen LogP contribution is -2.41. The van der Waals surface area contributed by atoms with E-state index in [-0.39, 0.29) is 11.9 Å². The zero-order chi connectivity index (χ0) is 14.5. The average molecular weight is 291 g/mol. The quantitative estimate of drug-likeness (QED) is 0.808. The van der Waals surface area contributed by atoms with E-state index in [1.54, 1.807) is 24.3 Å². The van der Waals surface area contributed by atoms with E-state index in [0.717, 1.165) is 25.2 Å². The van der Waals surface area contributed by atoms with Crippen LogP contribution in [0.2, 0.25) is 0 Å². The normalized spacial score (nSPS) is 16.9. The Labute approximate surface area is 125 Å². The van der Waals surface area contributed by atoms with Gasteiger partial charge < -0.3 is 16.0 Å². The van der Waals surface area contributed by atoms with Crippen molar-refractivity contribution in [3.8, 4) is 0 Å². The summed E-state index contributed by atoms with van der Waals surface area (Å²) < 4.78 is 0. The maximum atomic E-state index is 12.1. The van der Waals surface area contributed by atoms with Crippen LogP contribution < -0.4 is 11.1 Å². The molecule has 1 aliphatic rings. The van der Waals surface area contributed by atoms with Crippen LogP contribution in [0.4, 0.5) is 0 Å². The van der Waals surface area contributed by atoms with Gasteiger partial charge in [-0.25, -0.2) is 0 Å². The summed E-state index contributed by atoms with van der Waals surface area (Å²) >= 11 is 4.89. The number of carbonyl (C=O) groups is 1. The second kappa shape index (κ2) is 6.81. The molecule has 0 saturated carbocycles. The molecule has 0 bridgehead atoms. The largest absolute Gasteiger partial charge is 0.389 e. The van der Waals surface area contributed by atoms with Gasteiger partial charge in [-0.3, -0.25) is 4.79 Å². The van der Waals surface area contributed by atoms with Gasteiger partial charge in [0.25, 0.3) is 5.91 Å². The van der Waals surface area contributed by atoms with E-state index in [1.165, 1.54) is 12.8 Å². The summed E-state index contributed by atoms with van der Waals surface area (Å²) in [6.45, 7) is 5.24. The highest BCUT2D eigenvalue weighted by atomic mass is 32.1. The summed E-state index contributed by atoms with van der Waals surface area (Å²) in [6.07, 6.45) is 2.53. The Morgan fingerprint density at radius 1 is 1.30 bits per heavy atom. The van der Waals surface area contributed by atoms with Crippen LogP contribution in [-0.4, -0.2) is 41.5 Å². The fraction of sp³-hybridized carbons (Fsp3) is 0.467. The fourth-order valence-corrected chi connectivity index (χ4v) is 2.63. The van der Waals surface area contributed by atoms with Crippen molar-refractivity contribution in [3.05, 3.63) is 35.4 Å². The molecule has 0 radical (unpaired) electrons. The molecule has 1 fully saturated rings. The molecule has 0 spiro atoms. The lowest BCUT2D eigenvalue weighted by atomic mass is 10.1. The molecule has 20 heavy (non-hydrogen) atoms. The molecule has 0 aliphatic carbocycles. The highest BCUT2D eigenvalue weighted by molar-refractivity contribution is 7.80. The van der Waals surface area contributed by atoms with Crippen molar-refractivity contribution >= 4 is 23.1 Å². The van der Waals surface area contributed by atoms with Crippen LogP contribution in [0.25, 0.3) is 0 Å². The molecule has 5 heteroatoms. The van der Waals surface area contributed by atoms with Crippen LogP contribution in [0.1, 0.15) is 35.7 Å². The molecule has 1 aliphatic heterocycles. The number of benzene rings is 1. The van der Waals surface area contributed by atoms with Gasteiger partial charge in [0.1, 0.15) is 4.99 Å². The summed E-state index contributed by atoms with van der Waals surface area (Å²) in [5, 5.41) is 3.03. The van der Waals surface area contributed by atoms with Crippen LogP contribution in [0.15, 0.2) is 24.3 Å². The van der Waals surface area contributed by atoms with E-state index in [2.05, 4.69) is 10.2 Å². The lowest BCUT2D eigenvalue weighted by molar-refractivity contribution is 0.0932. The highest BCUT2D eigenvalue weighted by Crippen LogP contribution is 2.08. The van der Waals surface area contributed by atoms with Crippen LogP contribution in [0.5, 0.6) is 0 Å². The molecule has 1 aromatic carbocycles. The summed E-state index contributed by atoms with van der Waals surface area (Å²) in [4.78, 5) is 14.9. The minimum absolute atomic E-state index is 0.0498. The van der Waals surface area contributed by atoms with Crippen molar-refractivity contribution in [2.75, 3.05) is 19.6 Å². The highest BCUT2D eigenvalue weighted by Gasteiger charge is 2.16. The van der Waals surface area contributed by atoms with Crippen LogP contribution in [0.3, 0.4) is 0 Å². The minimum atomic E-state index is -0.0498. The van der Waals surface area contributed by atoms with Crippen LogP contribution in [0, 0.1) is 0 Å². The topological polar surface area (TPSA) is 58.4 Å². The molecule has 3 N–H and O–H groups in total. The number of likely N-dealkylation sites (tertiary alicyclic amines) is 1. The number of thiocarbonyl (C=S) groups is 1. The van der Waals surface area contributed by atoms with Gasteiger partial charge in [-0.1, -0.05) is 24.4 Å². The van der Waals surface area contributed by atoms with Crippen molar-refractivity contribution in [2.24, 2.45) is 5.73 Å². The standard InChI is InChI=1S/C15H21N3OS/c1-11(10-18-8-2-3-9-18)17-15(19)13-6-4-12(5-7-13)14(16)20/h4-7,11H,2-3,8-10H2,1H3,(H2,16,20)(H,17,19). The van der Waals surface area contributed by atoms with E-state index in [1.807, 2.05) is 6.92 Å². The summed E-state index contributed by atoms with van der Waals surface area (Å²) in [5.74, 6) is -0.0498. The van der Waals surface area contributed by atoms with Crippen molar-refractivity contribution in [1.82, 2.24) is 10.2 Å². The Morgan fingerprint density at radius 3 is 2.40 bits per heavy atom. The number of hydrogen-bond donors (Lipinski definition) is 2. The summed E-state index contributed by atoms with van der Waals surface area (Å²) in [7, 11) is 0. The first kappa shape index (κ1) is 14.9. The maximum Gasteiger partial charge on any atom is 0.251 e. The van der Waals surface area contributed by atoms with Gasteiger partial charge >= 0.3 is 0 Å². The predicted molar refractivity (Wildman–Crippen MR) is 84.9 cm³/mol. The molecule has 1 amide bonds. The van der Waals surface area contributed by atoms with Gasteiger partial charge in [-0.05, 0) is 45.0 Å². The Bertz CT molecular complexity index is 480. The van der Waals surface area contributed by atoms with Crippen molar-refractivity contribution in [1.29, 1.82) is 0 Å². The number of nitrogens with two attached hydrogens (primary N) is 1. The van der Waals surface area contributed by atoms with Crippen molar-refractivity contribution in [2.45, 2.75) is 25.8 Å². The monoisotopic (exact) mass is 291 g/mol. The van der Waals surface area contributed by atoms with E-state index >= 15 is 0 Å². The predicted octanol–water partition coefficient (Wildman–Crippen LogP) is 1.53. The van der Waals surface area contributed by atoms with E-state index < -0.39 is 0 Å². The lowest BCUT2D eigenvalue weighted by Gasteiger charge is -2.21. The Hall–Kier alpha value is -1.46. The fourth-order valence-electron chi connectivity index (χ4n) is 2.49. The summed E-state index contributed by atoms with van der Waals surface area (Å²) in [5.41, 5.74) is 6.95. The third-order valence-corrected chi connectivity index (χ3v) is 3.78. The van der Waals surface area contributed by atoms with Gasteiger partial charge in [-0.15, -0.1) is 0 Å². The first-order valence-corrected chi connectivity index (χ1v) is 7.40. The van der Waals surface area contributed by atoms with E-state index in [0.29, 0.717) is 10.6 Å².